The topological polar surface area (TPSA) is 107 Å². The van der Waals surface area contributed by atoms with E-state index in [2.05, 4.69) is 4.72 Å². The van der Waals surface area contributed by atoms with Crippen LogP contribution in [0.4, 0.5) is 0 Å². The van der Waals surface area contributed by atoms with Gasteiger partial charge in [-0.1, -0.05) is 0 Å². The van der Waals surface area contributed by atoms with E-state index in [9.17, 15) is 13.2 Å². The number of hydrogen-bond acceptors (Lipinski definition) is 6. The lowest BCUT2D eigenvalue weighted by Crippen LogP contribution is -2.40. The Morgan fingerprint density at radius 3 is 2.79 bits per heavy atom. The Morgan fingerprint density at radius 2 is 2.32 bits per heavy atom. The Hall–Kier alpha value is -1.08. The van der Waals surface area contributed by atoms with E-state index in [0.29, 0.717) is 5.75 Å². The summed E-state index contributed by atoms with van der Waals surface area (Å²) in [5, 5.41) is 17.6. The SMILES string of the molecule is CSCC[C@H](NS(=O)(=O)c1ccc(C#N)s1)C(=O)O. The van der Waals surface area contributed by atoms with Gasteiger partial charge < -0.3 is 5.11 Å². The number of sulfonamides is 1. The molecule has 0 saturated heterocycles. The molecule has 6 nitrogen and oxygen atoms in total. The second-order valence-electron chi connectivity index (χ2n) is 3.52. The first-order chi connectivity index (χ1) is 8.90. The van der Waals surface area contributed by atoms with Gasteiger partial charge in [0.15, 0.2) is 0 Å². The van der Waals surface area contributed by atoms with Crippen molar-refractivity contribution in [2.45, 2.75) is 16.7 Å². The average Bonchev–Trinajstić information content (AvgIpc) is 2.83. The molecule has 1 atom stereocenters. The van der Waals surface area contributed by atoms with Crippen LogP contribution < -0.4 is 4.72 Å². The molecular formula is C10H12N2O4S3. The molecule has 0 aliphatic carbocycles. The molecule has 0 aromatic carbocycles. The number of rotatable bonds is 7. The number of nitrogens with one attached hydrogen (secondary N) is 1. The number of nitrogens with zero attached hydrogens (tertiary/aromatic N) is 1. The Balaban J connectivity index is 2.88. The summed E-state index contributed by atoms with van der Waals surface area (Å²) in [5.74, 6) is -0.678. The number of thioether (sulfide) groups is 1. The molecule has 9 heteroatoms. The summed E-state index contributed by atoms with van der Waals surface area (Å²) in [5.41, 5.74) is 0. The lowest BCUT2D eigenvalue weighted by Gasteiger charge is -2.13. The summed E-state index contributed by atoms with van der Waals surface area (Å²) >= 11 is 2.25. The second-order valence-corrected chi connectivity index (χ2v) is 7.53. The van der Waals surface area contributed by atoms with Crippen molar-refractivity contribution in [3.8, 4) is 6.07 Å². The monoisotopic (exact) mass is 320 g/mol. The average molecular weight is 320 g/mol. The van der Waals surface area contributed by atoms with Gasteiger partial charge in [-0.05, 0) is 30.6 Å². The van der Waals surface area contributed by atoms with Crippen molar-refractivity contribution in [2.75, 3.05) is 12.0 Å². The molecule has 0 aliphatic heterocycles. The first-order valence-electron chi connectivity index (χ1n) is 5.14. The molecule has 0 radical (unpaired) electrons. The van der Waals surface area contributed by atoms with Crippen LogP contribution in [0.15, 0.2) is 16.3 Å². The summed E-state index contributed by atoms with van der Waals surface area (Å²) in [6.07, 6.45) is 2.01. The summed E-state index contributed by atoms with van der Waals surface area (Å²) in [7, 11) is -3.90. The fourth-order valence-corrected chi connectivity index (χ4v) is 4.05. The van der Waals surface area contributed by atoms with Crippen molar-refractivity contribution >= 4 is 39.1 Å². The van der Waals surface area contributed by atoms with Crippen molar-refractivity contribution in [3.05, 3.63) is 17.0 Å². The number of thiophene rings is 1. The van der Waals surface area contributed by atoms with Gasteiger partial charge in [-0.25, -0.2) is 8.42 Å². The van der Waals surface area contributed by atoms with E-state index >= 15 is 0 Å². The molecule has 1 aromatic rings. The van der Waals surface area contributed by atoms with E-state index in [0.717, 1.165) is 11.3 Å². The Kier molecular flexibility index (Phi) is 5.81. The molecule has 1 rings (SSSR count). The van der Waals surface area contributed by atoms with Gasteiger partial charge in [0, 0.05) is 0 Å². The zero-order valence-corrected chi connectivity index (χ0v) is 12.4. The predicted molar refractivity (Wildman–Crippen MR) is 73.8 cm³/mol. The van der Waals surface area contributed by atoms with Crippen LogP contribution in [0.5, 0.6) is 0 Å². The van der Waals surface area contributed by atoms with E-state index in [4.69, 9.17) is 10.4 Å². The molecule has 2 N–H and O–H groups in total. The molecule has 0 unspecified atom stereocenters. The van der Waals surface area contributed by atoms with Crippen LogP contribution in [-0.4, -0.2) is 37.5 Å². The van der Waals surface area contributed by atoms with E-state index < -0.39 is 22.0 Å². The highest BCUT2D eigenvalue weighted by Gasteiger charge is 2.26. The van der Waals surface area contributed by atoms with Gasteiger partial charge in [-0.15, -0.1) is 11.3 Å². The summed E-state index contributed by atoms with van der Waals surface area (Å²) in [6.45, 7) is 0. The maximum absolute atomic E-state index is 12.0. The van der Waals surface area contributed by atoms with Crippen molar-refractivity contribution in [3.63, 3.8) is 0 Å². The smallest absolute Gasteiger partial charge is 0.321 e. The summed E-state index contributed by atoms with van der Waals surface area (Å²) in [4.78, 5) is 11.3. The van der Waals surface area contributed by atoms with E-state index in [1.54, 1.807) is 0 Å². The summed E-state index contributed by atoms with van der Waals surface area (Å²) < 4.78 is 26.0. The number of nitriles is 1. The molecule has 104 valence electrons. The molecule has 0 fully saturated rings. The molecule has 1 heterocycles. The predicted octanol–water partition coefficient (Wildman–Crippen LogP) is 1.10. The van der Waals surface area contributed by atoms with Crippen LogP contribution in [-0.2, 0) is 14.8 Å². The second kappa shape index (κ2) is 6.91. The zero-order valence-electron chi connectivity index (χ0n) is 9.99. The number of carboxylic acid groups (broad SMARTS) is 1. The van der Waals surface area contributed by atoms with Crippen LogP contribution in [0, 0.1) is 11.3 Å². The largest absolute Gasteiger partial charge is 0.480 e. The van der Waals surface area contributed by atoms with Gasteiger partial charge in [0.05, 0.1) is 0 Å². The Bertz CT molecular complexity index is 588. The third-order valence-corrected chi connectivity index (χ3v) is 5.76. The molecule has 1 aromatic heterocycles. The van der Waals surface area contributed by atoms with E-state index in [1.807, 2.05) is 12.3 Å². The summed E-state index contributed by atoms with van der Waals surface area (Å²) in [6, 6.07) is 3.35. The fourth-order valence-electron chi connectivity index (χ4n) is 1.24. The molecule has 0 spiro atoms. The number of carbonyl (C=O) groups is 1. The third kappa shape index (κ3) is 4.50. The lowest BCUT2D eigenvalue weighted by atomic mass is 10.2. The Morgan fingerprint density at radius 1 is 1.63 bits per heavy atom. The molecular weight excluding hydrogens is 308 g/mol. The maximum Gasteiger partial charge on any atom is 0.321 e. The van der Waals surface area contributed by atoms with Crippen LogP contribution in [0.2, 0.25) is 0 Å². The number of aliphatic carboxylic acids is 1. The maximum atomic E-state index is 12.0. The first kappa shape index (κ1) is 16.0. The minimum absolute atomic E-state index is 0.0561. The van der Waals surface area contributed by atoms with Crippen molar-refractivity contribution in [1.29, 1.82) is 5.26 Å². The standard InChI is InChI=1S/C10H12N2O4S3/c1-17-5-4-8(10(13)14)12-19(15,16)9-3-2-7(6-11)18-9/h2-3,8,12H,4-5H2,1H3,(H,13,14)/t8-/m0/s1. The lowest BCUT2D eigenvalue weighted by molar-refractivity contribution is -0.139. The normalized spacial score (nSPS) is 12.8. The molecule has 19 heavy (non-hydrogen) atoms. The van der Waals surface area contributed by atoms with Gasteiger partial charge in [0.25, 0.3) is 10.0 Å². The minimum atomic E-state index is -3.90. The third-order valence-electron chi connectivity index (χ3n) is 2.16. The molecule has 0 aliphatic rings. The highest BCUT2D eigenvalue weighted by atomic mass is 32.2. The Labute approximate surface area is 119 Å². The fraction of sp³-hybridized carbons (Fsp3) is 0.400. The highest BCUT2D eigenvalue weighted by molar-refractivity contribution is 7.98. The van der Waals surface area contributed by atoms with Crippen LogP contribution in [0.25, 0.3) is 0 Å². The van der Waals surface area contributed by atoms with Crippen molar-refractivity contribution in [1.82, 2.24) is 4.72 Å². The van der Waals surface area contributed by atoms with Gasteiger partial charge in [-0.3, -0.25) is 4.79 Å². The molecule has 0 saturated carbocycles. The molecule has 0 amide bonds. The minimum Gasteiger partial charge on any atom is -0.480 e. The van der Waals surface area contributed by atoms with Crippen LogP contribution >= 0.6 is 23.1 Å². The number of carboxylic acids is 1. The quantitative estimate of drug-likeness (QED) is 0.779. The van der Waals surface area contributed by atoms with E-state index in [1.165, 1.54) is 23.9 Å². The molecule has 0 bridgehead atoms. The number of hydrogen-bond donors (Lipinski definition) is 2. The van der Waals surface area contributed by atoms with E-state index in [-0.39, 0.29) is 15.5 Å². The van der Waals surface area contributed by atoms with Gasteiger partial charge in [0.1, 0.15) is 21.2 Å². The van der Waals surface area contributed by atoms with Crippen LogP contribution in [0.3, 0.4) is 0 Å². The first-order valence-corrected chi connectivity index (χ1v) is 8.84. The zero-order chi connectivity index (χ0) is 14.5. The van der Waals surface area contributed by atoms with Gasteiger partial charge in [-0.2, -0.15) is 21.7 Å². The van der Waals surface area contributed by atoms with Crippen molar-refractivity contribution in [2.24, 2.45) is 0 Å². The van der Waals surface area contributed by atoms with Crippen molar-refractivity contribution < 1.29 is 18.3 Å². The van der Waals surface area contributed by atoms with Gasteiger partial charge >= 0.3 is 5.97 Å². The highest BCUT2D eigenvalue weighted by Crippen LogP contribution is 2.21. The van der Waals surface area contributed by atoms with Gasteiger partial charge in [0.2, 0.25) is 0 Å². The van der Waals surface area contributed by atoms with Crippen LogP contribution in [0.1, 0.15) is 11.3 Å².